The van der Waals surface area contributed by atoms with Gasteiger partial charge in [-0.3, -0.25) is 10.1 Å². The van der Waals surface area contributed by atoms with E-state index in [1.165, 1.54) is 30.5 Å². The number of allylic oxidation sites excluding steroid dienone is 1. The van der Waals surface area contributed by atoms with E-state index in [-0.39, 0.29) is 11.5 Å². The van der Waals surface area contributed by atoms with Crippen LogP contribution < -0.4 is 20.9 Å². The van der Waals surface area contributed by atoms with E-state index < -0.39 is 10.8 Å². The molecule has 0 radical (unpaired) electrons. The topological polar surface area (TPSA) is 126 Å². The van der Waals surface area contributed by atoms with Crippen LogP contribution in [0.5, 0.6) is 11.5 Å². The van der Waals surface area contributed by atoms with Crippen molar-refractivity contribution in [1.82, 2.24) is 5.32 Å². The minimum Gasteiger partial charge on any atom is -0.858 e. The molecule has 0 atom stereocenters. The van der Waals surface area contributed by atoms with Crippen LogP contribution in [0.2, 0.25) is 0 Å². The van der Waals surface area contributed by atoms with Crippen LogP contribution in [0.3, 0.4) is 0 Å². The lowest BCUT2D eigenvalue weighted by molar-refractivity contribution is -0.384. The van der Waals surface area contributed by atoms with Crippen molar-refractivity contribution >= 4 is 17.6 Å². The minimum atomic E-state index is -0.639. The van der Waals surface area contributed by atoms with Gasteiger partial charge in [0.05, 0.1) is 4.92 Å². The van der Waals surface area contributed by atoms with Gasteiger partial charge < -0.3 is 20.9 Å². The van der Waals surface area contributed by atoms with Crippen molar-refractivity contribution in [3.05, 3.63) is 82.0 Å². The van der Waals surface area contributed by atoms with E-state index in [4.69, 9.17) is 10.5 Å². The number of hydrogen-bond donors (Lipinski definition) is 2. The molecular formula is C17H13N4O4-. The highest BCUT2D eigenvalue weighted by Gasteiger charge is 2.08. The van der Waals surface area contributed by atoms with E-state index in [1.54, 1.807) is 30.3 Å². The number of nitrogens with one attached hydrogen (secondary N) is 1. The van der Waals surface area contributed by atoms with E-state index in [0.29, 0.717) is 17.2 Å². The fraction of sp³-hybridized carbons (Fsp3) is 0. The zero-order chi connectivity index (χ0) is 17.8. The second kappa shape index (κ2) is 6.75. The van der Waals surface area contributed by atoms with E-state index in [1.807, 2.05) is 0 Å². The third-order valence-corrected chi connectivity index (χ3v) is 3.38. The van der Waals surface area contributed by atoms with Gasteiger partial charge in [-0.1, -0.05) is 0 Å². The van der Waals surface area contributed by atoms with Crippen molar-refractivity contribution in [1.29, 1.82) is 0 Å². The number of nitro benzene ring substituents is 1. The molecule has 2 aromatic carbocycles. The van der Waals surface area contributed by atoms with Crippen molar-refractivity contribution in [2.45, 2.75) is 0 Å². The van der Waals surface area contributed by atoms with E-state index >= 15 is 0 Å². The van der Waals surface area contributed by atoms with Gasteiger partial charge in [0, 0.05) is 24.0 Å². The Kier molecular flexibility index (Phi) is 4.34. The van der Waals surface area contributed by atoms with Crippen LogP contribution in [0.15, 0.2) is 71.3 Å². The normalized spacial score (nSPS) is 15.1. The molecule has 8 heteroatoms. The fourth-order valence-corrected chi connectivity index (χ4v) is 2.16. The number of rotatable bonds is 4. The van der Waals surface area contributed by atoms with Gasteiger partial charge in [0.1, 0.15) is 17.3 Å². The smallest absolute Gasteiger partial charge is 0.269 e. The Balaban J connectivity index is 1.72. The molecule has 1 aliphatic rings. The molecule has 3 N–H and O–H groups in total. The number of nitro groups is 1. The van der Waals surface area contributed by atoms with E-state index in [9.17, 15) is 15.2 Å². The van der Waals surface area contributed by atoms with Crippen LogP contribution in [0.1, 0.15) is 5.56 Å². The summed E-state index contributed by atoms with van der Waals surface area (Å²) in [4.78, 5) is 14.0. The number of aliphatic imine (C=N–C) groups is 1. The standard InChI is InChI=1S/C17H14N4O4/c18-16(22)17-19-10-9-15(20-17)11-1-5-13(6-2-11)25-14-7-3-12(4-8-14)21(23)24/h1-10,20,22H,18H2/p-1/b17-16-. The van der Waals surface area contributed by atoms with Crippen LogP contribution in [-0.2, 0) is 0 Å². The Morgan fingerprint density at radius 1 is 1.08 bits per heavy atom. The molecule has 0 bridgehead atoms. The van der Waals surface area contributed by atoms with Gasteiger partial charge in [-0.05, 0) is 53.9 Å². The highest BCUT2D eigenvalue weighted by Crippen LogP contribution is 2.25. The SMILES string of the molecule is N/C([O-])=C1\N=CC=C(c2ccc(Oc3ccc([N+](=O)[O-])cc3)cc2)N1. The van der Waals surface area contributed by atoms with Gasteiger partial charge in [-0.25, -0.2) is 4.99 Å². The average Bonchev–Trinajstić information content (AvgIpc) is 2.63. The lowest BCUT2D eigenvalue weighted by Gasteiger charge is -2.18. The molecule has 8 nitrogen and oxygen atoms in total. The first-order chi connectivity index (χ1) is 12.0. The zero-order valence-corrected chi connectivity index (χ0v) is 12.9. The van der Waals surface area contributed by atoms with Gasteiger partial charge in [0.25, 0.3) is 5.69 Å². The summed E-state index contributed by atoms with van der Waals surface area (Å²) in [5.74, 6) is 0.496. The maximum atomic E-state index is 11.2. The number of ether oxygens (including phenoxy) is 1. The molecule has 0 aliphatic carbocycles. The molecule has 0 fully saturated rings. The van der Waals surface area contributed by atoms with Crippen LogP contribution in [0.25, 0.3) is 5.70 Å². The molecule has 25 heavy (non-hydrogen) atoms. The van der Waals surface area contributed by atoms with Crippen molar-refractivity contribution in [2.24, 2.45) is 10.7 Å². The molecule has 0 saturated carbocycles. The highest BCUT2D eigenvalue weighted by molar-refractivity contribution is 5.87. The summed E-state index contributed by atoms with van der Waals surface area (Å²) in [6, 6.07) is 12.9. The first-order valence-electron chi connectivity index (χ1n) is 7.24. The lowest BCUT2D eigenvalue weighted by Crippen LogP contribution is -2.25. The summed E-state index contributed by atoms with van der Waals surface area (Å²) in [5, 5.41) is 24.7. The van der Waals surface area contributed by atoms with Gasteiger partial charge in [0.2, 0.25) is 0 Å². The largest absolute Gasteiger partial charge is 0.858 e. The van der Waals surface area contributed by atoms with Crippen LogP contribution in [-0.4, -0.2) is 11.1 Å². The van der Waals surface area contributed by atoms with Crippen molar-refractivity contribution in [3.8, 4) is 11.5 Å². The highest BCUT2D eigenvalue weighted by atomic mass is 16.6. The summed E-state index contributed by atoms with van der Waals surface area (Å²) in [6.07, 6.45) is 3.21. The maximum Gasteiger partial charge on any atom is 0.269 e. The maximum absolute atomic E-state index is 11.2. The molecule has 0 unspecified atom stereocenters. The number of nitrogens with zero attached hydrogens (tertiary/aromatic N) is 2. The Hall–Kier alpha value is -3.81. The Labute approximate surface area is 142 Å². The number of hydrogen-bond acceptors (Lipinski definition) is 7. The zero-order valence-electron chi connectivity index (χ0n) is 12.9. The summed E-state index contributed by atoms with van der Waals surface area (Å²) >= 11 is 0. The van der Waals surface area contributed by atoms with E-state index in [0.717, 1.165) is 5.56 Å². The molecule has 0 saturated heterocycles. The van der Waals surface area contributed by atoms with Crippen LogP contribution in [0.4, 0.5) is 5.69 Å². The predicted octanol–water partition coefficient (Wildman–Crippen LogP) is 1.85. The minimum absolute atomic E-state index is 0.00109. The number of non-ortho nitro benzene ring substituents is 1. The molecule has 0 aromatic heterocycles. The summed E-state index contributed by atoms with van der Waals surface area (Å²) in [6.45, 7) is 0. The predicted molar refractivity (Wildman–Crippen MR) is 90.4 cm³/mol. The number of benzene rings is 2. The van der Waals surface area contributed by atoms with Crippen LogP contribution in [0, 0.1) is 10.1 Å². The first kappa shape index (κ1) is 16.1. The summed E-state index contributed by atoms with van der Waals surface area (Å²) in [7, 11) is 0. The van der Waals surface area contributed by atoms with Crippen molar-refractivity contribution < 1.29 is 14.8 Å². The summed E-state index contributed by atoms with van der Waals surface area (Å²) in [5.41, 5.74) is 6.71. The molecule has 1 aliphatic heterocycles. The second-order valence-corrected chi connectivity index (χ2v) is 5.07. The molecular weight excluding hydrogens is 324 g/mol. The summed E-state index contributed by atoms with van der Waals surface area (Å²) < 4.78 is 5.65. The van der Waals surface area contributed by atoms with Gasteiger partial charge in [0.15, 0.2) is 0 Å². The molecule has 0 spiro atoms. The van der Waals surface area contributed by atoms with Crippen molar-refractivity contribution in [3.63, 3.8) is 0 Å². The van der Waals surface area contributed by atoms with Gasteiger partial charge in [-0.2, -0.15) is 0 Å². The lowest BCUT2D eigenvalue weighted by atomic mass is 10.1. The molecule has 126 valence electrons. The quantitative estimate of drug-likeness (QED) is 0.498. The average molecular weight is 337 g/mol. The van der Waals surface area contributed by atoms with Gasteiger partial charge >= 0.3 is 0 Å². The Morgan fingerprint density at radius 2 is 1.68 bits per heavy atom. The monoisotopic (exact) mass is 337 g/mol. The third kappa shape index (κ3) is 3.75. The van der Waals surface area contributed by atoms with Crippen LogP contribution >= 0.6 is 0 Å². The first-order valence-corrected chi connectivity index (χ1v) is 7.24. The fourth-order valence-electron chi connectivity index (χ4n) is 2.16. The second-order valence-electron chi connectivity index (χ2n) is 5.07. The molecule has 2 aromatic rings. The molecule has 3 rings (SSSR count). The third-order valence-electron chi connectivity index (χ3n) is 3.38. The Morgan fingerprint density at radius 3 is 2.24 bits per heavy atom. The molecule has 1 heterocycles. The number of nitrogens with two attached hydrogens (primary N) is 1. The van der Waals surface area contributed by atoms with Crippen molar-refractivity contribution in [2.75, 3.05) is 0 Å². The molecule has 0 amide bonds. The Bertz CT molecular complexity index is 880. The van der Waals surface area contributed by atoms with E-state index in [2.05, 4.69) is 10.3 Å². The van der Waals surface area contributed by atoms with Gasteiger partial charge in [-0.15, -0.1) is 0 Å².